The van der Waals surface area contributed by atoms with Crippen molar-refractivity contribution in [2.75, 3.05) is 7.05 Å². The van der Waals surface area contributed by atoms with Crippen LogP contribution in [0.3, 0.4) is 0 Å². The number of ether oxygens (including phenoxy) is 1. The molecule has 0 unspecified atom stereocenters. The van der Waals surface area contributed by atoms with Crippen LogP contribution in [0.15, 0.2) is 24.5 Å². The Bertz CT molecular complexity index is 173. The van der Waals surface area contributed by atoms with E-state index in [2.05, 4.69) is 11.9 Å². The Labute approximate surface area is 66.7 Å². The molecule has 1 amide bonds. The molecule has 3 heteroatoms. The predicted octanol–water partition coefficient (Wildman–Crippen LogP) is 1.82. The van der Waals surface area contributed by atoms with Gasteiger partial charge in [0.25, 0.3) is 0 Å². The number of rotatable bonds is 3. The summed E-state index contributed by atoms with van der Waals surface area (Å²) >= 11 is 0. The highest BCUT2D eigenvalue weighted by atomic mass is 16.6. The van der Waals surface area contributed by atoms with E-state index in [0.29, 0.717) is 5.76 Å². The molecule has 0 bridgehead atoms. The lowest BCUT2D eigenvalue weighted by Crippen LogP contribution is -2.18. The Balaban J connectivity index is 3.98. The van der Waals surface area contributed by atoms with Gasteiger partial charge in [-0.2, -0.15) is 0 Å². The van der Waals surface area contributed by atoms with Gasteiger partial charge in [-0.15, -0.1) is 0 Å². The molecule has 0 fully saturated rings. The third kappa shape index (κ3) is 4.19. The lowest BCUT2D eigenvalue weighted by molar-refractivity contribution is 0.181. The zero-order chi connectivity index (χ0) is 8.69. The number of alkyl carbamates (subject to hydrolysis) is 1. The molecule has 0 aromatic heterocycles. The maximum absolute atomic E-state index is 10.6. The smallest absolute Gasteiger partial charge is 0.411 e. The zero-order valence-electron chi connectivity index (χ0n) is 6.89. The SMILES string of the molecule is C=C/C(=C\CC)OC(=O)NC. The summed E-state index contributed by atoms with van der Waals surface area (Å²) in [5, 5.41) is 2.34. The first kappa shape index (κ1) is 9.75. The van der Waals surface area contributed by atoms with Gasteiger partial charge >= 0.3 is 6.09 Å². The molecule has 0 rings (SSSR count). The maximum Gasteiger partial charge on any atom is 0.412 e. The van der Waals surface area contributed by atoms with Crippen molar-refractivity contribution in [1.29, 1.82) is 0 Å². The van der Waals surface area contributed by atoms with Crippen LogP contribution in [0, 0.1) is 0 Å². The summed E-state index contributed by atoms with van der Waals surface area (Å²) < 4.78 is 4.78. The molecular weight excluding hydrogens is 142 g/mol. The molecule has 0 radical (unpaired) electrons. The second-order valence-corrected chi connectivity index (χ2v) is 1.86. The molecule has 0 heterocycles. The predicted molar refractivity (Wildman–Crippen MR) is 44.1 cm³/mol. The number of nitrogens with one attached hydrogen (secondary N) is 1. The molecule has 0 saturated carbocycles. The Kier molecular flexibility index (Phi) is 4.90. The van der Waals surface area contributed by atoms with Crippen LogP contribution in [0.2, 0.25) is 0 Å². The highest BCUT2D eigenvalue weighted by Crippen LogP contribution is 1.99. The molecule has 0 aliphatic rings. The Hall–Kier alpha value is -1.25. The van der Waals surface area contributed by atoms with Crippen LogP contribution in [0.25, 0.3) is 0 Å². The van der Waals surface area contributed by atoms with Crippen LogP contribution in [-0.2, 0) is 4.74 Å². The lowest BCUT2D eigenvalue weighted by atomic mass is 10.4. The van der Waals surface area contributed by atoms with Crippen LogP contribution >= 0.6 is 0 Å². The lowest BCUT2D eigenvalue weighted by Gasteiger charge is -2.02. The third-order valence-corrected chi connectivity index (χ3v) is 1.02. The van der Waals surface area contributed by atoms with Crippen LogP contribution in [0.5, 0.6) is 0 Å². The minimum atomic E-state index is -0.468. The van der Waals surface area contributed by atoms with E-state index >= 15 is 0 Å². The number of hydrogen-bond acceptors (Lipinski definition) is 2. The highest BCUT2D eigenvalue weighted by molar-refractivity contribution is 5.68. The van der Waals surface area contributed by atoms with Crippen molar-refractivity contribution in [3.05, 3.63) is 24.5 Å². The molecule has 0 atom stereocenters. The summed E-state index contributed by atoms with van der Waals surface area (Å²) in [7, 11) is 1.51. The van der Waals surface area contributed by atoms with Gasteiger partial charge in [-0.1, -0.05) is 13.5 Å². The minimum Gasteiger partial charge on any atom is -0.411 e. The second kappa shape index (κ2) is 5.53. The molecule has 62 valence electrons. The summed E-state index contributed by atoms with van der Waals surface area (Å²) in [5.41, 5.74) is 0. The molecule has 0 aliphatic carbocycles. The van der Waals surface area contributed by atoms with Gasteiger partial charge < -0.3 is 10.1 Å². The molecule has 11 heavy (non-hydrogen) atoms. The molecule has 0 spiro atoms. The van der Waals surface area contributed by atoms with Gasteiger partial charge in [-0.25, -0.2) is 4.79 Å². The van der Waals surface area contributed by atoms with E-state index in [-0.39, 0.29) is 0 Å². The number of hydrogen-bond donors (Lipinski definition) is 1. The van der Waals surface area contributed by atoms with Crippen LogP contribution < -0.4 is 5.32 Å². The van der Waals surface area contributed by atoms with Crippen molar-refractivity contribution < 1.29 is 9.53 Å². The first-order chi connectivity index (χ1) is 5.24. The van der Waals surface area contributed by atoms with Crippen LogP contribution in [0.4, 0.5) is 4.79 Å². The maximum atomic E-state index is 10.6. The van der Waals surface area contributed by atoms with Gasteiger partial charge in [-0.05, 0) is 18.6 Å². The average molecular weight is 155 g/mol. The summed E-state index contributed by atoms with van der Waals surface area (Å²) in [6.45, 7) is 5.45. The number of allylic oxidation sites excluding steroid dienone is 2. The van der Waals surface area contributed by atoms with Crippen molar-refractivity contribution in [3.8, 4) is 0 Å². The first-order valence-corrected chi connectivity index (χ1v) is 3.46. The summed E-state index contributed by atoms with van der Waals surface area (Å²) in [6, 6.07) is 0. The molecular formula is C8H13NO2. The van der Waals surface area contributed by atoms with Crippen molar-refractivity contribution in [3.63, 3.8) is 0 Å². The Morgan fingerprint density at radius 3 is 2.73 bits per heavy atom. The van der Waals surface area contributed by atoms with E-state index in [1.807, 2.05) is 6.92 Å². The van der Waals surface area contributed by atoms with Crippen LogP contribution in [0.1, 0.15) is 13.3 Å². The topological polar surface area (TPSA) is 38.3 Å². The first-order valence-electron chi connectivity index (χ1n) is 3.46. The van der Waals surface area contributed by atoms with Crippen molar-refractivity contribution in [1.82, 2.24) is 5.32 Å². The minimum absolute atomic E-state index is 0.468. The molecule has 3 nitrogen and oxygen atoms in total. The molecule has 0 saturated heterocycles. The monoisotopic (exact) mass is 155 g/mol. The summed E-state index contributed by atoms with van der Waals surface area (Å²) in [4.78, 5) is 10.6. The summed E-state index contributed by atoms with van der Waals surface area (Å²) in [6.07, 6.45) is 3.63. The Morgan fingerprint density at radius 2 is 2.36 bits per heavy atom. The number of carbonyl (C=O) groups is 1. The fourth-order valence-electron chi connectivity index (χ4n) is 0.526. The van der Waals surface area contributed by atoms with E-state index in [1.165, 1.54) is 13.1 Å². The van der Waals surface area contributed by atoms with Gasteiger partial charge in [-0.3, -0.25) is 0 Å². The van der Waals surface area contributed by atoms with E-state index in [0.717, 1.165) is 6.42 Å². The molecule has 1 N–H and O–H groups in total. The van der Waals surface area contributed by atoms with Gasteiger partial charge in [0.05, 0.1) is 0 Å². The van der Waals surface area contributed by atoms with Crippen LogP contribution in [-0.4, -0.2) is 13.1 Å². The van der Waals surface area contributed by atoms with Gasteiger partial charge in [0, 0.05) is 7.05 Å². The van der Waals surface area contributed by atoms with E-state index in [1.54, 1.807) is 6.08 Å². The zero-order valence-corrected chi connectivity index (χ0v) is 6.89. The third-order valence-electron chi connectivity index (χ3n) is 1.02. The largest absolute Gasteiger partial charge is 0.412 e. The number of carbonyl (C=O) groups excluding carboxylic acids is 1. The van der Waals surface area contributed by atoms with Gasteiger partial charge in [0.15, 0.2) is 0 Å². The number of amides is 1. The molecule has 0 aromatic rings. The van der Waals surface area contributed by atoms with E-state index in [9.17, 15) is 4.79 Å². The fourth-order valence-corrected chi connectivity index (χ4v) is 0.526. The molecule has 0 aliphatic heterocycles. The standard InChI is InChI=1S/C8H13NO2/c1-4-6-7(5-2)11-8(10)9-3/h5-6H,2,4H2,1,3H3,(H,9,10)/b7-6+. The van der Waals surface area contributed by atoms with Crippen molar-refractivity contribution >= 4 is 6.09 Å². The average Bonchev–Trinajstić information content (AvgIpc) is 2.03. The van der Waals surface area contributed by atoms with Gasteiger partial charge in [0.1, 0.15) is 5.76 Å². The fraction of sp³-hybridized carbons (Fsp3) is 0.375. The van der Waals surface area contributed by atoms with E-state index in [4.69, 9.17) is 4.74 Å². The van der Waals surface area contributed by atoms with Crippen molar-refractivity contribution in [2.24, 2.45) is 0 Å². The molecule has 0 aromatic carbocycles. The van der Waals surface area contributed by atoms with E-state index < -0.39 is 6.09 Å². The highest BCUT2D eigenvalue weighted by Gasteiger charge is 1.98. The quantitative estimate of drug-likeness (QED) is 0.498. The second-order valence-electron chi connectivity index (χ2n) is 1.86. The van der Waals surface area contributed by atoms with Gasteiger partial charge in [0.2, 0.25) is 0 Å². The van der Waals surface area contributed by atoms with Crippen molar-refractivity contribution in [2.45, 2.75) is 13.3 Å². The summed E-state index contributed by atoms with van der Waals surface area (Å²) in [5.74, 6) is 0.492. The normalized spacial score (nSPS) is 10.5. The Morgan fingerprint density at radius 1 is 1.73 bits per heavy atom.